The molecule has 1 atom stereocenters. The van der Waals surface area contributed by atoms with E-state index in [1.165, 1.54) is 24.8 Å². The van der Waals surface area contributed by atoms with Gasteiger partial charge in [-0.2, -0.15) is 0 Å². The van der Waals surface area contributed by atoms with Gasteiger partial charge in [-0.3, -0.25) is 0 Å². The number of unbranched alkanes of at least 4 members (excludes halogenated alkanes) is 1. The van der Waals surface area contributed by atoms with Crippen LogP contribution < -0.4 is 5.32 Å². The summed E-state index contributed by atoms with van der Waals surface area (Å²) in [6.45, 7) is 7.86. The number of rotatable bonds is 7. The molecule has 0 spiro atoms. The normalized spacial score (nSPS) is 13.3. The van der Waals surface area contributed by atoms with E-state index in [-0.39, 0.29) is 0 Å². The van der Waals surface area contributed by atoms with Gasteiger partial charge >= 0.3 is 0 Å². The van der Waals surface area contributed by atoms with Crippen molar-refractivity contribution < 1.29 is 0 Å². The lowest BCUT2D eigenvalue weighted by Gasteiger charge is -2.12. The molecule has 92 valence electrons. The van der Waals surface area contributed by atoms with Crippen LogP contribution in [0.2, 0.25) is 4.34 Å². The van der Waals surface area contributed by atoms with Crippen molar-refractivity contribution >= 4 is 22.9 Å². The molecule has 0 aliphatic carbocycles. The minimum atomic E-state index is 0.419. The van der Waals surface area contributed by atoms with E-state index in [1.807, 2.05) is 0 Å². The average molecular weight is 260 g/mol. The van der Waals surface area contributed by atoms with Crippen LogP contribution >= 0.6 is 22.9 Å². The van der Waals surface area contributed by atoms with Gasteiger partial charge in [0, 0.05) is 6.04 Å². The summed E-state index contributed by atoms with van der Waals surface area (Å²) in [5.74, 6) is 0.827. The summed E-state index contributed by atoms with van der Waals surface area (Å²) < 4.78 is 0.878. The third-order valence-electron chi connectivity index (χ3n) is 2.75. The Bertz CT molecular complexity index is 296. The molecule has 1 nitrogen and oxygen atoms in total. The van der Waals surface area contributed by atoms with Gasteiger partial charge < -0.3 is 5.32 Å². The minimum absolute atomic E-state index is 0.419. The van der Waals surface area contributed by atoms with Crippen LogP contribution in [0, 0.1) is 5.92 Å². The van der Waals surface area contributed by atoms with Gasteiger partial charge in [-0.15, -0.1) is 11.3 Å². The standard InChI is InChI=1S/C13H22ClNS/c1-10(2)6-4-5-7-15-11(3)12-8-13(14)16-9-12/h8-11,15H,4-7H2,1-3H3. The molecule has 1 heterocycles. The Morgan fingerprint density at radius 3 is 2.62 bits per heavy atom. The lowest BCUT2D eigenvalue weighted by molar-refractivity contribution is 0.498. The smallest absolute Gasteiger partial charge is 0.0931 e. The Balaban J connectivity index is 2.13. The van der Waals surface area contributed by atoms with E-state index in [0.29, 0.717) is 6.04 Å². The highest BCUT2D eigenvalue weighted by Crippen LogP contribution is 2.24. The van der Waals surface area contributed by atoms with Crippen molar-refractivity contribution in [2.24, 2.45) is 5.92 Å². The molecule has 0 aliphatic heterocycles. The molecular formula is C13H22ClNS. The Morgan fingerprint density at radius 1 is 1.31 bits per heavy atom. The molecular weight excluding hydrogens is 238 g/mol. The van der Waals surface area contributed by atoms with Gasteiger partial charge in [0.05, 0.1) is 4.34 Å². The second kappa shape index (κ2) is 7.31. The monoisotopic (exact) mass is 259 g/mol. The zero-order valence-electron chi connectivity index (χ0n) is 10.4. The Labute approximate surface area is 108 Å². The van der Waals surface area contributed by atoms with E-state index in [4.69, 9.17) is 11.6 Å². The van der Waals surface area contributed by atoms with Crippen LogP contribution in [-0.2, 0) is 0 Å². The molecule has 1 N–H and O–H groups in total. The minimum Gasteiger partial charge on any atom is -0.310 e. The number of hydrogen-bond donors (Lipinski definition) is 1. The predicted molar refractivity (Wildman–Crippen MR) is 74.4 cm³/mol. The molecule has 0 amide bonds. The molecule has 0 fully saturated rings. The first kappa shape index (κ1) is 14.0. The Morgan fingerprint density at radius 2 is 2.06 bits per heavy atom. The van der Waals surface area contributed by atoms with Gasteiger partial charge in [-0.1, -0.05) is 38.3 Å². The molecule has 1 rings (SSSR count). The summed E-state index contributed by atoms with van der Waals surface area (Å²) >= 11 is 7.52. The maximum absolute atomic E-state index is 5.91. The molecule has 1 aromatic rings. The number of hydrogen-bond acceptors (Lipinski definition) is 2. The van der Waals surface area contributed by atoms with Crippen molar-refractivity contribution in [3.8, 4) is 0 Å². The molecule has 0 aliphatic rings. The van der Waals surface area contributed by atoms with Crippen LogP contribution in [0.1, 0.15) is 51.6 Å². The fraction of sp³-hybridized carbons (Fsp3) is 0.692. The maximum atomic E-state index is 5.91. The fourth-order valence-corrected chi connectivity index (χ4v) is 2.65. The van der Waals surface area contributed by atoms with E-state index in [2.05, 4.69) is 37.5 Å². The summed E-state index contributed by atoms with van der Waals surface area (Å²) in [6, 6.07) is 2.47. The van der Waals surface area contributed by atoms with Crippen LogP contribution in [0.5, 0.6) is 0 Å². The van der Waals surface area contributed by atoms with E-state index < -0.39 is 0 Å². The summed E-state index contributed by atoms with van der Waals surface area (Å²) in [6.07, 6.45) is 3.92. The highest BCUT2D eigenvalue weighted by atomic mass is 35.5. The topological polar surface area (TPSA) is 12.0 Å². The predicted octanol–water partition coefficient (Wildman–Crippen LogP) is 4.88. The van der Waals surface area contributed by atoms with Crippen LogP contribution in [0.15, 0.2) is 11.4 Å². The molecule has 0 saturated heterocycles. The fourth-order valence-electron chi connectivity index (χ4n) is 1.66. The first-order chi connectivity index (χ1) is 7.59. The zero-order chi connectivity index (χ0) is 12.0. The van der Waals surface area contributed by atoms with Crippen LogP contribution in [0.4, 0.5) is 0 Å². The molecule has 0 aromatic carbocycles. The largest absolute Gasteiger partial charge is 0.310 e. The molecule has 0 radical (unpaired) electrons. The third kappa shape index (κ3) is 5.33. The van der Waals surface area contributed by atoms with Gasteiger partial charge in [-0.25, -0.2) is 0 Å². The van der Waals surface area contributed by atoms with Crippen molar-refractivity contribution in [3.63, 3.8) is 0 Å². The molecule has 1 aromatic heterocycles. The molecule has 3 heteroatoms. The van der Waals surface area contributed by atoms with E-state index in [9.17, 15) is 0 Å². The Hall–Kier alpha value is -0.0500. The van der Waals surface area contributed by atoms with Crippen molar-refractivity contribution in [2.75, 3.05) is 6.54 Å². The maximum Gasteiger partial charge on any atom is 0.0931 e. The second-order valence-corrected chi connectivity index (χ2v) is 6.29. The molecule has 0 bridgehead atoms. The molecule has 0 saturated carbocycles. The van der Waals surface area contributed by atoms with E-state index in [1.54, 1.807) is 11.3 Å². The first-order valence-corrected chi connectivity index (χ1v) is 7.32. The zero-order valence-corrected chi connectivity index (χ0v) is 12.0. The highest BCUT2D eigenvalue weighted by Gasteiger charge is 2.06. The van der Waals surface area contributed by atoms with E-state index >= 15 is 0 Å². The summed E-state index contributed by atoms with van der Waals surface area (Å²) in [5, 5.41) is 5.67. The van der Waals surface area contributed by atoms with Gasteiger partial charge in [0.25, 0.3) is 0 Å². The third-order valence-corrected chi connectivity index (χ3v) is 3.86. The molecule has 16 heavy (non-hydrogen) atoms. The summed E-state index contributed by atoms with van der Waals surface area (Å²) in [5.41, 5.74) is 1.30. The van der Waals surface area contributed by atoms with Crippen LogP contribution in [0.3, 0.4) is 0 Å². The van der Waals surface area contributed by atoms with Crippen LogP contribution in [0.25, 0.3) is 0 Å². The van der Waals surface area contributed by atoms with Gasteiger partial charge in [-0.05, 0) is 42.8 Å². The van der Waals surface area contributed by atoms with E-state index in [0.717, 1.165) is 16.8 Å². The van der Waals surface area contributed by atoms with Gasteiger partial charge in [0.2, 0.25) is 0 Å². The number of halogens is 1. The number of thiophene rings is 1. The first-order valence-electron chi connectivity index (χ1n) is 6.07. The second-order valence-electron chi connectivity index (χ2n) is 4.75. The van der Waals surface area contributed by atoms with Gasteiger partial charge in [0.15, 0.2) is 0 Å². The van der Waals surface area contributed by atoms with Crippen molar-refractivity contribution in [1.82, 2.24) is 5.32 Å². The van der Waals surface area contributed by atoms with Crippen molar-refractivity contribution in [2.45, 2.75) is 46.1 Å². The Kier molecular flexibility index (Phi) is 6.40. The lowest BCUT2D eigenvalue weighted by Crippen LogP contribution is -2.19. The van der Waals surface area contributed by atoms with Gasteiger partial charge in [0.1, 0.15) is 0 Å². The highest BCUT2D eigenvalue weighted by molar-refractivity contribution is 7.14. The summed E-state index contributed by atoms with van der Waals surface area (Å²) in [4.78, 5) is 0. The molecule has 1 unspecified atom stereocenters. The van der Waals surface area contributed by atoms with Crippen molar-refractivity contribution in [1.29, 1.82) is 0 Å². The average Bonchev–Trinajstić information content (AvgIpc) is 2.63. The summed E-state index contributed by atoms with van der Waals surface area (Å²) in [7, 11) is 0. The van der Waals surface area contributed by atoms with Crippen LogP contribution in [-0.4, -0.2) is 6.54 Å². The number of nitrogens with one attached hydrogen (secondary N) is 1. The SMILES string of the molecule is CC(C)CCCCNC(C)c1csc(Cl)c1. The lowest BCUT2D eigenvalue weighted by atomic mass is 10.1. The quantitative estimate of drug-likeness (QED) is 0.689. The van der Waals surface area contributed by atoms with Crippen molar-refractivity contribution in [3.05, 3.63) is 21.3 Å².